The van der Waals surface area contributed by atoms with E-state index in [1.54, 1.807) is 6.20 Å². The molecule has 0 aliphatic carbocycles. The van der Waals surface area contributed by atoms with Crippen LogP contribution in [0.2, 0.25) is 0 Å². The van der Waals surface area contributed by atoms with Crippen LogP contribution in [0.5, 0.6) is 0 Å². The Balaban J connectivity index is 1.24. The summed E-state index contributed by atoms with van der Waals surface area (Å²) in [6.45, 7) is 2.13. The zero-order chi connectivity index (χ0) is 24.3. The fourth-order valence-corrected chi connectivity index (χ4v) is 4.72. The van der Waals surface area contributed by atoms with E-state index >= 15 is 0 Å². The third-order valence-corrected chi connectivity index (χ3v) is 6.65. The first-order valence-electron chi connectivity index (χ1n) is 12.3. The second-order valence-corrected chi connectivity index (χ2v) is 9.06. The number of pyridine rings is 2. The van der Waals surface area contributed by atoms with Crippen molar-refractivity contribution in [3.8, 4) is 22.4 Å². The number of carbonyl (C=O) groups is 1. The number of nitrogens with zero attached hydrogens (tertiary/aromatic N) is 4. The number of hydrogen-bond donors (Lipinski definition) is 2. The van der Waals surface area contributed by atoms with Crippen LogP contribution in [0.15, 0.2) is 85.3 Å². The Bertz CT molecular complexity index is 1500. The van der Waals surface area contributed by atoms with Gasteiger partial charge in [-0.1, -0.05) is 36.4 Å². The van der Waals surface area contributed by atoms with Crippen LogP contribution in [0.1, 0.15) is 29.8 Å². The SMILES string of the molecule is O=C(Nc1ccc(-c2ccccc2)nc1)c1n[nH]c2ccc(-c3cncc(N4CCCCC4)c3)cc12. The topological polar surface area (TPSA) is 86.8 Å². The van der Waals surface area contributed by atoms with Crippen molar-refractivity contribution in [3.63, 3.8) is 0 Å². The minimum atomic E-state index is -0.284. The summed E-state index contributed by atoms with van der Waals surface area (Å²) < 4.78 is 0. The van der Waals surface area contributed by atoms with Gasteiger partial charge < -0.3 is 10.2 Å². The minimum Gasteiger partial charge on any atom is -0.370 e. The summed E-state index contributed by atoms with van der Waals surface area (Å²) in [5.41, 5.74) is 6.81. The zero-order valence-electron chi connectivity index (χ0n) is 19.8. The molecule has 1 fully saturated rings. The molecule has 0 bridgehead atoms. The Hall–Kier alpha value is -4.52. The monoisotopic (exact) mass is 474 g/mol. The van der Waals surface area contributed by atoms with Crippen LogP contribution in [-0.2, 0) is 0 Å². The van der Waals surface area contributed by atoms with Crippen molar-refractivity contribution < 1.29 is 4.79 Å². The lowest BCUT2D eigenvalue weighted by Gasteiger charge is -2.28. The Labute approximate surface area is 209 Å². The highest BCUT2D eigenvalue weighted by atomic mass is 16.1. The first-order valence-corrected chi connectivity index (χ1v) is 12.3. The molecule has 0 radical (unpaired) electrons. The number of piperidine rings is 1. The molecular weight excluding hydrogens is 448 g/mol. The van der Waals surface area contributed by atoms with E-state index in [-0.39, 0.29) is 5.91 Å². The third-order valence-electron chi connectivity index (χ3n) is 6.65. The lowest BCUT2D eigenvalue weighted by molar-refractivity contribution is 0.102. The molecule has 5 aromatic rings. The quantitative estimate of drug-likeness (QED) is 0.330. The summed E-state index contributed by atoms with van der Waals surface area (Å²) in [5, 5.41) is 11.0. The van der Waals surface area contributed by atoms with E-state index in [0.717, 1.165) is 52.1 Å². The highest BCUT2D eigenvalue weighted by Crippen LogP contribution is 2.29. The molecule has 178 valence electrons. The number of aromatic amines is 1. The average molecular weight is 475 g/mol. The first kappa shape index (κ1) is 22.0. The zero-order valence-corrected chi connectivity index (χ0v) is 19.8. The smallest absolute Gasteiger partial charge is 0.276 e. The Kier molecular flexibility index (Phi) is 5.87. The van der Waals surface area contributed by atoms with Crippen LogP contribution in [0, 0.1) is 0 Å². The second kappa shape index (κ2) is 9.62. The normalized spacial score (nSPS) is 13.6. The van der Waals surface area contributed by atoms with E-state index in [0.29, 0.717) is 11.4 Å². The van der Waals surface area contributed by atoms with Crippen LogP contribution < -0.4 is 10.2 Å². The molecule has 0 spiro atoms. The van der Waals surface area contributed by atoms with Gasteiger partial charge in [-0.3, -0.25) is 19.9 Å². The second-order valence-electron chi connectivity index (χ2n) is 9.06. The number of carbonyl (C=O) groups excluding carboxylic acids is 1. The maximum absolute atomic E-state index is 13.1. The van der Waals surface area contributed by atoms with Crippen molar-refractivity contribution >= 4 is 28.2 Å². The van der Waals surface area contributed by atoms with Crippen molar-refractivity contribution in [1.82, 2.24) is 20.2 Å². The largest absolute Gasteiger partial charge is 0.370 e. The van der Waals surface area contributed by atoms with Crippen molar-refractivity contribution in [2.24, 2.45) is 0 Å². The van der Waals surface area contributed by atoms with Gasteiger partial charge in [0, 0.05) is 35.8 Å². The summed E-state index contributed by atoms with van der Waals surface area (Å²) in [6.07, 6.45) is 9.19. The summed E-state index contributed by atoms with van der Waals surface area (Å²) in [6, 6.07) is 21.9. The number of H-pyrrole nitrogens is 1. The maximum atomic E-state index is 13.1. The summed E-state index contributed by atoms with van der Waals surface area (Å²) in [7, 11) is 0. The molecule has 1 aliphatic heterocycles. The van der Waals surface area contributed by atoms with Gasteiger partial charge in [-0.05, 0) is 55.2 Å². The number of fused-ring (bicyclic) bond motifs is 1. The average Bonchev–Trinajstić information content (AvgIpc) is 3.38. The molecule has 6 rings (SSSR count). The molecule has 1 saturated heterocycles. The van der Waals surface area contributed by atoms with Gasteiger partial charge >= 0.3 is 0 Å². The Morgan fingerprint density at radius 2 is 1.69 bits per heavy atom. The van der Waals surface area contributed by atoms with E-state index in [2.05, 4.69) is 36.4 Å². The highest BCUT2D eigenvalue weighted by Gasteiger charge is 2.17. The third kappa shape index (κ3) is 4.43. The first-order chi connectivity index (χ1) is 17.7. The number of hydrogen-bond acceptors (Lipinski definition) is 5. The molecule has 36 heavy (non-hydrogen) atoms. The van der Waals surface area contributed by atoms with Gasteiger partial charge in [-0.15, -0.1) is 0 Å². The van der Waals surface area contributed by atoms with Gasteiger partial charge in [-0.25, -0.2) is 0 Å². The molecule has 1 amide bonds. The van der Waals surface area contributed by atoms with Crippen LogP contribution in [0.4, 0.5) is 11.4 Å². The van der Waals surface area contributed by atoms with E-state index in [9.17, 15) is 4.79 Å². The van der Waals surface area contributed by atoms with Crippen molar-refractivity contribution in [2.45, 2.75) is 19.3 Å². The molecule has 1 aliphatic rings. The van der Waals surface area contributed by atoms with Crippen LogP contribution in [-0.4, -0.2) is 39.2 Å². The molecule has 7 heteroatoms. The summed E-state index contributed by atoms with van der Waals surface area (Å²) >= 11 is 0. The Morgan fingerprint density at radius 1 is 0.833 bits per heavy atom. The number of anilines is 2. The molecule has 0 atom stereocenters. The van der Waals surface area contributed by atoms with E-state index in [4.69, 9.17) is 0 Å². The Morgan fingerprint density at radius 3 is 2.50 bits per heavy atom. The number of benzene rings is 2. The number of aromatic nitrogens is 4. The van der Waals surface area contributed by atoms with Gasteiger partial charge in [0.25, 0.3) is 5.91 Å². The van der Waals surface area contributed by atoms with E-state index < -0.39 is 0 Å². The van der Waals surface area contributed by atoms with E-state index in [1.165, 1.54) is 19.3 Å². The molecular formula is C29H26N6O. The van der Waals surface area contributed by atoms with Crippen LogP contribution in [0.3, 0.4) is 0 Å². The van der Waals surface area contributed by atoms with Crippen molar-refractivity contribution in [3.05, 3.63) is 91.0 Å². The molecule has 4 heterocycles. The van der Waals surface area contributed by atoms with Gasteiger partial charge in [-0.2, -0.15) is 5.10 Å². The van der Waals surface area contributed by atoms with Gasteiger partial charge in [0.15, 0.2) is 5.69 Å². The van der Waals surface area contributed by atoms with Crippen molar-refractivity contribution in [1.29, 1.82) is 0 Å². The van der Waals surface area contributed by atoms with Gasteiger partial charge in [0.2, 0.25) is 0 Å². The number of nitrogens with one attached hydrogen (secondary N) is 2. The number of amides is 1. The lowest BCUT2D eigenvalue weighted by atomic mass is 10.0. The predicted molar refractivity (Wildman–Crippen MR) is 143 cm³/mol. The van der Waals surface area contributed by atoms with Crippen LogP contribution >= 0.6 is 0 Å². The molecule has 0 saturated carbocycles. The van der Waals surface area contributed by atoms with Gasteiger partial charge in [0.1, 0.15) is 0 Å². The standard InChI is InChI=1S/C29H26N6O/c36-29(32-23-10-12-26(31-18-23)20-7-3-1-4-8-20)28-25-16-21(9-11-27(25)33-34-28)22-15-24(19-30-17-22)35-13-5-2-6-14-35/h1,3-4,7-12,15-19H,2,5-6,13-14H2,(H,32,36)(H,33,34). The molecule has 3 aromatic heterocycles. The maximum Gasteiger partial charge on any atom is 0.276 e. The predicted octanol–water partition coefficient (Wildman–Crippen LogP) is 5.93. The van der Waals surface area contributed by atoms with Crippen molar-refractivity contribution in [2.75, 3.05) is 23.3 Å². The van der Waals surface area contributed by atoms with Crippen LogP contribution in [0.25, 0.3) is 33.3 Å². The molecule has 7 nitrogen and oxygen atoms in total. The number of rotatable bonds is 5. The fourth-order valence-electron chi connectivity index (χ4n) is 4.72. The minimum absolute atomic E-state index is 0.284. The highest BCUT2D eigenvalue weighted by molar-refractivity contribution is 6.11. The van der Waals surface area contributed by atoms with Gasteiger partial charge in [0.05, 0.1) is 35.0 Å². The summed E-state index contributed by atoms with van der Waals surface area (Å²) in [4.78, 5) is 24.5. The lowest BCUT2D eigenvalue weighted by Crippen LogP contribution is -2.29. The fraction of sp³-hybridized carbons (Fsp3) is 0.172. The molecule has 0 unspecified atom stereocenters. The molecule has 2 N–H and O–H groups in total. The molecule has 2 aromatic carbocycles. The van der Waals surface area contributed by atoms with E-state index in [1.807, 2.05) is 73.1 Å². The summed E-state index contributed by atoms with van der Waals surface area (Å²) in [5.74, 6) is -0.284.